The van der Waals surface area contributed by atoms with Gasteiger partial charge in [0.15, 0.2) is 5.78 Å². The van der Waals surface area contributed by atoms with E-state index in [0.29, 0.717) is 23.5 Å². The Kier molecular flexibility index (Phi) is 9.05. The van der Waals surface area contributed by atoms with Crippen molar-refractivity contribution in [2.45, 2.75) is 32.4 Å². The molecule has 3 rings (SSSR count). The largest absolute Gasteiger partial charge is 0.491 e. The number of aliphatic hydroxyl groups is 1. The zero-order valence-corrected chi connectivity index (χ0v) is 20.4. The summed E-state index contributed by atoms with van der Waals surface area (Å²) in [6.07, 6.45) is 3.30. The number of benzene rings is 2. The number of hydrogen-bond acceptors (Lipinski definition) is 6. The van der Waals surface area contributed by atoms with Gasteiger partial charge in [0.05, 0.1) is 11.6 Å². The quantitative estimate of drug-likeness (QED) is 0.510. The molecule has 34 heavy (non-hydrogen) atoms. The van der Waals surface area contributed by atoms with E-state index in [2.05, 4.69) is 0 Å². The van der Waals surface area contributed by atoms with Crippen LogP contribution in [0, 0.1) is 0 Å². The van der Waals surface area contributed by atoms with Crippen LogP contribution in [0.25, 0.3) is 0 Å². The van der Waals surface area contributed by atoms with Gasteiger partial charge >= 0.3 is 0 Å². The van der Waals surface area contributed by atoms with Gasteiger partial charge in [0.2, 0.25) is 5.78 Å². The summed E-state index contributed by atoms with van der Waals surface area (Å²) in [6.45, 7) is 4.99. The van der Waals surface area contributed by atoms with Crippen LogP contribution in [0.1, 0.15) is 40.1 Å². The second-order valence-electron chi connectivity index (χ2n) is 8.39. The number of methoxy groups -OCH3 is 1. The van der Waals surface area contributed by atoms with Gasteiger partial charge < -0.3 is 19.5 Å². The molecule has 0 saturated carbocycles. The summed E-state index contributed by atoms with van der Waals surface area (Å²) < 4.78 is 10.8. The molecule has 0 aliphatic heterocycles. The summed E-state index contributed by atoms with van der Waals surface area (Å²) in [6, 6.07) is 14.4. The lowest BCUT2D eigenvalue weighted by atomic mass is 9.89. The van der Waals surface area contributed by atoms with E-state index in [1.54, 1.807) is 43.7 Å². The lowest BCUT2D eigenvalue weighted by Gasteiger charge is -2.28. The van der Waals surface area contributed by atoms with Crippen molar-refractivity contribution in [3.63, 3.8) is 0 Å². The van der Waals surface area contributed by atoms with Crippen LogP contribution in [0.3, 0.4) is 0 Å². The summed E-state index contributed by atoms with van der Waals surface area (Å²) in [7, 11) is 1.67. The van der Waals surface area contributed by atoms with Gasteiger partial charge in [0.1, 0.15) is 18.5 Å². The second kappa shape index (κ2) is 12.0. The van der Waals surface area contributed by atoms with Crippen molar-refractivity contribution >= 4 is 23.2 Å². The summed E-state index contributed by atoms with van der Waals surface area (Å²) in [5, 5.41) is 10.4. The minimum Gasteiger partial charge on any atom is -0.491 e. The predicted molar refractivity (Wildman–Crippen MR) is 132 cm³/mol. The molecule has 7 heteroatoms. The van der Waals surface area contributed by atoms with Crippen LogP contribution in [-0.2, 0) is 11.2 Å². The van der Waals surface area contributed by atoms with Crippen LogP contribution in [0.2, 0.25) is 0 Å². The normalized spacial score (nSPS) is 14.6. The minimum absolute atomic E-state index is 0.0343. The maximum Gasteiger partial charge on any atom is 0.205 e. The van der Waals surface area contributed by atoms with E-state index >= 15 is 0 Å². The molecule has 1 N–H and O–H groups in total. The molecule has 2 aromatic rings. The molecular weight excluding hydrogens is 454 g/mol. The molecule has 0 aromatic heterocycles. The Labute approximate surface area is 205 Å². The number of carbonyl (C=O) groups excluding carboxylic acids is 2. The molecule has 0 fully saturated rings. The summed E-state index contributed by atoms with van der Waals surface area (Å²) in [5.74, 6) is 0.0149. The smallest absolute Gasteiger partial charge is 0.205 e. The number of ketones is 2. The Balaban J connectivity index is 1.62. The molecule has 6 nitrogen and oxygen atoms in total. The number of aliphatic hydroxyl groups excluding tert-OH is 1. The third kappa shape index (κ3) is 6.35. The Morgan fingerprint density at radius 1 is 1.03 bits per heavy atom. The molecule has 1 unspecified atom stereocenters. The first-order valence-electron chi connectivity index (χ1n) is 11.2. The number of hydrogen-bond donors (Lipinski definition) is 1. The average Bonchev–Trinajstić information content (AvgIpc) is 2.84. The summed E-state index contributed by atoms with van der Waals surface area (Å²) in [5.41, 5.74) is 1.96. The number of Topliss-reactive ketones (excluding diaryl/α,β-unsaturated/α-hetero) is 2. The highest BCUT2D eigenvalue weighted by Gasteiger charge is 2.29. The Morgan fingerprint density at radius 3 is 2.29 bits per heavy atom. The summed E-state index contributed by atoms with van der Waals surface area (Å²) >= 11 is 6.24. The topological polar surface area (TPSA) is 76.1 Å². The highest BCUT2D eigenvalue weighted by Crippen LogP contribution is 2.29. The van der Waals surface area contributed by atoms with Gasteiger partial charge in [-0.15, -0.1) is 0 Å². The molecule has 0 radical (unpaired) electrons. The lowest BCUT2D eigenvalue weighted by Crippen LogP contribution is -2.36. The molecule has 0 heterocycles. The van der Waals surface area contributed by atoms with Gasteiger partial charge in [-0.05, 0) is 44.0 Å². The fourth-order valence-electron chi connectivity index (χ4n) is 3.59. The van der Waals surface area contributed by atoms with E-state index in [4.69, 9.17) is 21.1 Å². The molecular formula is C27H30ClNO5. The van der Waals surface area contributed by atoms with E-state index in [1.165, 1.54) is 0 Å². The molecule has 180 valence electrons. The van der Waals surface area contributed by atoms with Crippen molar-refractivity contribution in [2.75, 3.05) is 26.9 Å². The van der Waals surface area contributed by atoms with E-state index in [0.717, 1.165) is 12.0 Å². The third-order valence-electron chi connectivity index (χ3n) is 5.57. The minimum atomic E-state index is -0.769. The maximum absolute atomic E-state index is 12.9. The van der Waals surface area contributed by atoms with Gasteiger partial charge in [0.25, 0.3) is 0 Å². The van der Waals surface area contributed by atoms with Crippen molar-refractivity contribution in [1.82, 2.24) is 4.90 Å². The molecule has 1 aliphatic rings. The predicted octanol–water partition coefficient (Wildman–Crippen LogP) is 4.41. The zero-order chi connectivity index (χ0) is 24.7. The zero-order valence-electron chi connectivity index (χ0n) is 19.7. The van der Waals surface area contributed by atoms with Gasteiger partial charge in [-0.3, -0.25) is 9.59 Å². The highest BCUT2D eigenvalue weighted by atomic mass is 35.5. The Bertz CT molecular complexity index is 1070. The SMILES string of the molecule is COCCc1ccc(OCC(O)CN(/C=C/C2=C(Cl)C(=O)c3ccccc3C2=O)C(C)C)cc1. The number of carbonyl (C=O) groups is 2. The molecule has 2 aromatic carbocycles. The number of rotatable bonds is 11. The van der Waals surface area contributed by atoms with Gasteiger partial charge in [-0.1, -0.05) is 48.0 Å². The van der Waals surface area contributed by atoms with Gasteiger partial charge in [-0.25, -0.2) is 0 Å². The van der Waals surface area contributed by atoms with Crippen LogP contribution in [0.4, 0.5) is 0 Å². The van der Waals surface area contributed by atoms with Crippen LogP contribution in [0.5, 0.6) is 5.75 Å². The second-order valence-corrected chi connectivity index (χ2v) is 8.77. The maximum atomic E-state index is 12.9. The summed E-state index contributed by atoms with van der Waals surface area (Å²) in [4.78, 5) is 27.3. The first-order valence-corrected chi connectivity index (χ1v) is 11.6. The number of halogens is 1. The molecule has 1 atom stereocenters. The number of fused-ring (bicyclic) bond motifs is 1. The fraction of sp³-hybridized carbons (Fsp3) is 0.333. The lowest BCUT2D eigenvalue weighted by molar-refractivity contribution is 0.0746. The monoisotopic (exact) mass is 483 g/mol. The number of allylic oxidation sites excluding steroid dienone is 3. The van der Waals surface area contributed by atoms with Crippen molar-refractivity contribution in [1.29, 1.82) is 0 Å². The van der Waals surface area contributed by atoms with E-state index in [1.807, 2.05) is 43.0 Å². The molecule has 1 aliphatic carbocycles. The van der Waals surface area contributed by atoms with Crippen molar-refractivity contribution in [3.05, 3.63) is 88.1 Å². The van der Waals surface area contributed by atoms with E-state index in [9.17, 15) is 14.7 Å². The van der Waals surface area contributed by atoms with Gasteiger partial charge in [0, 0.05) is 42.6 Å². The molecule has 0 bridgehead atoms. The van der Waals surface area contributed by atoms with Gasteiger partial charge in [-0.2, -0.15) is 0 Å². The first kappa shape index (κ1) is 25.7. The van der Waals surface area contributed by atoms with Crippen LogP contribution >= 0.6 is 11.6 Å². The van der Waals surface area contributed by atoms with Crippen LogP contribution < -0.4 is 4.74 Å². The average molecular weight is 484 g/mol. The van der Waals surface area contributed by atoms with Crippen molar-refractivity contribution in [2.24, 2.45) is 0 Å². The number of nitrogens with zero attached hydrogens (tertiary/aromatic N) is 1. The molecule has 0 saturated heterocycles. The van der Waals surface area contributed by atoms with E-state index < -0.39 is 6.10 Å². The first-order chi connectivity index (χ1) is 16.3. The third-order valence-corrected chi connectivity index (χ3v) is 5.95. The molecule has 0 amide bonds. The molecule has 0 spiro atoms. The van der Waals surface area contributed by atoms with Crippen molar-refractivity contribution in [3.8, 4) is 5.75 Å². The fourth-order valence-corrected chi connectivity index (χ4v) is 3.84. The van der Waals surface area contributed by atoms with E-state index in [-0.39, 0.29) is 41.4 Å². The number of ether oxygens (including phenoxy) is 2. The Hall–Kier alpha value is -2.93. The van der Waals surface area contributed by atoms with Crippen LogP contribution in [-0.4, -0.2) is 60.6 Å². The highest BCUT2D eigenvalue weighted by molar-refractivity contribution is 6.50. The standard InChI is InChI=1S/C27H30ClNO5/c1-18(2)29(16-20(30)17-34-21-10-8-19(9-11-21)13-15-33-3)14-12-24-25(28)27(32)23-7-5-4-6-22(23)26(24)31/h4-12,14,18,20,30H,13,15-17H2,1-3H3/b14-12+. The Morgan fingerprint density at radius 2 is 1.68 bits per heavy atom. The van der Waals surface area contributed by atoms with Crippen molar-refractivity contribution < 1.29 is 24.2 Å². The van der Waals surface area contributed by atoms with Crippen LogP contribution in [0.15, 0.2) is 71.4 Å².